The van der Waals surface area contributed by atoms with Crippen molar-refractivity contribution in [2.45, 2.75) is 13.5 Å². The lowest BCUT2D eigenvalue weighted by molar-refractivity contribution is 0.103. The largest absolute Gasteiger partial charge is 0.459 e. The lowest BCUT2D eigenvalue weighted by Crippen LogP contribution is -2.11. The van der Waals surface area contributed by atoms with Crippen LogP contribution in [0.5, 0.6) is 0 Å². The maximum Gasteiger partial charge on any atom is 0.267 e. The Kier molecular flexibility index (Phi) is 5.17. The number of aliphatic hydroxyl groups excluding tert-OH is 1. The van der Waals surface area contributed by atoms with Gasteiger partial charge in [0, 0.05) is 26.4 Å². The van der Waals surface area contributed by atoms with Crippen molar-refractivity contribution in [2.75, 3.05) is 5.32 Å². The molecule has 0 atom stereocenters. The molecule has 7 heteroatoms. The number of aryl methyl sites for hydroxylation is 1. The van der Waals surface area contributed by atoms with Gasteiger partial charge in [-0.05, 0) is 42.8 Å². The molecule has 2 N–H and O–H groups in total. The molecule has 2 aromatic heterocycles. The van der Waals surface area contributed by atoms with E-state index in [-0.39, 0.29) is 12.5 Å². The molecule has 0 aliphatic heterocycles. The van der Waals surface area contributed by atoms with E-state index < -0.39 is 0 Å². The third kappa shape index (κ3) is 3.54. The van der Waals surface area contributed by atoms with Crippen molar-refractivity contribution in [3.05, 3.63) is 74.8 Å². The van der Waals surface area contributed by atoms with Gasteiger partial charge in [0.15, 0.2) is 0 Å². The molecule has 2 aromatic carbocycles. The van der Waals surface area contributed by atoms with E-state index in [4.69, 9.17) is 27.6 Å². The van der Waals surface area contributed by atoms with E-state index >= 15 is 0 Å². The number of aliphatic hydroxyl groups is 1. The summed E-state index contributed by atoms with van der Waals surface area (Å²) in [6, 6.07) is 14.5. The first-order chi connectivity index (χ1) is 13.5. The topological polar surface area (TPSA) is 62.5 Å². The number of carbonyl (C=O) groups excluding carboxylic acids is 1. The van der Waals surface area contributed by atoms with Crippen LogP contribution < -0.4 is 5.32 Å². The Labute approximate surface area is 175 Å². The molecule has 0 radical (unpaired) electrons. The highest BCUT2D eigenvalue weighted by Gasteiger charge is 2.18. The van der Waals surface area contributed by atoms with E-state index in [1.807, 2.05) is 31.2 Å². The molecule has 4 nitrogen and oxygen atoms in total. The van der Waals surface area contributed by atoms with Gasteiger partial charge >= 0.3 is 0 Å². The molecular formula is C21H15Cl2NO3S. The monoisotopic (exact) mass is 431 g/mol. The smallest absolute Gasteiger partial charge is 0.267 e. The average Bonchev–Trinajstić information content (AvgIpc) is 3.28. The molecule has 4 aromatic rings. The number of benzene rings is 2. The third-order valence-corrected chi connectivity index (χ3v) is 6.28. The van der Waals surface area contributed by atoms with Gasteiger partial charge in [0.2, 0.25) is 0 Å². The summed E-state index contributed by atoms with van der Waals surface area (Å²) in [5.74, 6) is 0.823. The molecular weight excluding hydrogens is 417 g/mol. The van der Waals surface area contributed by atoms with E-state index in [1.54, 1.807) is 24.3 Å². The van der Waals surface area contributed by atoms with E-state index in [0.717, 1.165) is 21.2 Å². The Balaban J connectivity index is 1.66. The normalized spacial score (nSPS) is 11.1. The molecule has 0 bridgehead atoms. The molecule has 0 saturated heterocycles. The van der Waals surface area contributed by atoms with Crippen molar-refractivity contribution >= 4 is 56.2 Å². The molecule has 0 saturated carbocycles. The van der Waals surface area contributed by atoms with Gasteiger partial charge in [0.1, 0.15) is 23.0 Å². The van der Waals surface area contributed by atoms with Crippen molar-refractivity contribution in [2.24, 2.45) is 0 Å². The second kappa shape index (κ2) is 7.60. The quantitative estimate of drug-likeness (QED) is 0.386. The molecule has 0 aliphatic carbocycles. The van der Waals surface area contributed by atoms with Crippen LogP contribution in [0.1, 0.15) is 21.0 Å². The van der Waals surface area contributed by atoms with Gasteiger partial charge in [-0.25, -0.2) is 0 Å². The minimum atomic E-state index is -0.280. The summed E-state index contributed by atoms with van der Waals surface area (Å²) < 4.78 is 6.44. The molecule has 2 heterocycles. The first-order valence-corrected chi connectivity index (χ1v) is 10.0. The SMILES string of the molecule is Cc1ccc(-c2ccc(CO)o2)cc1NC(=O)c1sc2cc(Cl)ccc2c1Cl. The highest BCUT2D eigenvalue weighted by molar-refractivity contribution is 7.21. The first kappa shape index (κ1) is 19.0. The predicted octanol–water partition coefficient (Wildman–Crippen LogP) is 6.52. The van der Waals surface area contributed by atoms with Gasteiger partial charge in [0.05, 0.1) is 5.02 Å². The fraction of sp³-hybridized carbons (Fsp3) is 0.0952. The standard InChI is InChI=1S/C21H15Cl2NO3S/c1-11-2-3-12(17-7-5-14(10-25)27-17)8-16(11)24-21(26)20-19(23)15-6-4-13(22)9-18(15)28-20/h2-9,25H,10H2,1H3,(H,24,26). The Hall–Kier alpha value is -2.31. The third-order valence-electron chi connectivity index (χ3n) is 4.39. The molecule has 0 spiro atoms. The zero-order valence-electron chi connectivity index (χ0n) is 14.8. The summed E-state index contributed by atoms with van der Waals surface area (Å²) in [6.07, 6.45) is 0. The molecule has 4 rings (SSSR count). The van der Waals surface area contributed by atoms with Crippen LogP contribution in [0.4, 0.5) is 5.69 Å². The van der Waals surface area contributed by atoms with Crippen LogP contribution in [0.25, 0.3) is 21.4 Å². The van der Waals surface area contributed by atoms with Crippen LogP contribution in [0, 0.1) is 6.92 Å². The van der Waals surface area contributed by atoms with Crippen molar-refractivity contribution < 1.29 is 14.3 Å². The molecule has 0 aliphatic rings. The van der Waals surface area contributed by atoms with Gasteiger partial charge in [-0.3, -0.25) is 4.79 Å². The molecule has 0 unspecified atom stereocenters. The maximum atomic E-state index is 12.9. The number of amides is 1. The van der Waals surface area contributed by atoms with Crippen molar-refractivity contribution in [3.63, 3.8) is 0 Å². The van der Waals surface area contributed by atoms with Crippen LogP contribution in [-0.4, -0.2) is 11.0 Å². The maximum absolute atomic E-state index is 12.9. The van der Waals surface area contributed by atoms with Crippen LogP contribution in [-0.2, 0) is 6.61 Å². The van der Waals surface area contributed by atoms with Crippen molar-refractivity contribution in [3.8, 4) is 11.3 Å². The van der Waals surface area contributed by atoms with Gasteiger partial charge in [-0.15, -0.1) is 11.3 Å². The lowest BCUT2D eigenvalue weighted by Gasteiger charge is -2.09. The first-order valence-electron chi connectivity index (χ1n) is 8.46. The Morgan fingerprint density at radius 2 is 1.96 bits per heavy atom. The number of nitrogens with one attached hydrogen (secondary N) is 1. The van der Waals surface area contributed by atoms with E-state index in [9.17, 15) is 9.90 Å². The number of fused-ring (bicyclic) bond motifs is 1. The molecule has 1 amide bonds. The highest BCUT2D eigenvalue weighted by atomic mass is 35.5. The fourth-order valence-corrected chi connectivity index (χ4v) is 4.58. The Morgan fingerprint density at radius 3 is 2.71 bits per heavy atom. The van der Waals surface area contributed by atoms with Crippen LogP contribution in [0.15, 0.2) is 52.9 Å². The van der Waals surface area contributed by atoms with E-state index in [1.165, 1.54) is 11.3 Å². The number of hydrogen-bond donors (Lipinski definition) is 2. The van der Waals surface area contributed by atoms with Crippen molar-refractivity contribution in [1.82, 2.24) is 0 Å². The molecule has 28 heavy (non-hydrogen) atoms. The predicted molar refractivity (Wildman–Crippen MR) is 115 cm³/mol. The van der Waals surface area contributed by atoms with Crippen molar-refractivity contribution in [1.29, 1.82) is 0 Å². The highest BCUT2D eigenvalue weighted by Crippen LogP contribution is 2.37. The van der Waals surface area contributed by atoms with Gasteiger partial charge < -0.3 is 14.8 Å². The summed E-state index contributed by atoms with van der Waals surface area (Å²) in [7, 11) is 0. The minimum absolute atomic E-state index is 0.163. The Bertz CT molecular complexity index is 1200. The van der Waals surface area contributed by atoms with Gasteiger partial charge in [0.25, 0.3) is 5.91 Å². The van der Waals surface area contributed by atoms with E-state index in [0.29, 0.717) is 32.1 Å². The van der Waals surface area contributed by atoms with Crippen LogP contribution in [0.2, 0.25) is 10.0 Å². The number of anilines is 1. The summed E-state index contributed by atoms with van der Waals surface area (Å²) in [4.78, 5) is 13.3. The zero-order valence-corrected chi connectivity index (χ0v) is 17.1. The zero-order chi connectivity index (χ0) is 19.8. The number of thiophene rings is 1. The summed E-state index contributed by atoms with van der Waals surface area (Å²) in [6.45, 7) is 1.75. The summed E-state index contributed by atoms with van der Waals surface area (Å²) in [5.41, 5.74) is 2.37. The second-order valence-electron chi connectivity index (χ2n) is 6.29. The number of hydrogen-bond acceptors (Lipinski definition) is 4. The number of furan rings is 1. The fourth-order valence-electron chi connectivity index (χ4n) is 2.89. The van der Waals surface area contributed by atoms with E-state index in [2.05, 4.69) is 5.32 Å². The van der Waals surface area contributed by atoms with Gasteiger partial charge in [-0.1, -0.05) is 41.4 Å². The number of rotatable bonds is 4. The van der Waals surface area contributed by atoms with Crippen LogP contribution in [0.3, 0.4) is 0 Å². The average molecular weight is 432 g/mol. The van der Waals surface area contributed by atoms with Gasteiger partial charge in [-0.2, -0.15) is 0 Å². The lowest BCUT2D eigenvalue weighted by atomic mass is 10.1. The van der Waals surface area contributed by atoms with Crippen LogP contribution >= 0.6 is 34.5 Å². The summed E-state index contributed by atoms with van der Waals surface area (Å²) in [5, 5.41) is 13.9. The molecule has 0 fully saturated rings. The Morgan fingerprint density at radius 1 is 1.14 bits per heavy atom. The number of halogens is 2. The second-order valence-corrected chi connectivity index (χ2v) is 8.16. The molecule has 142 valence electrons. The minimum Gasteiger partial charge on any atom is -0.459 e. The summed E-state index contributed by atoms with van der Waals surface area (Å²) >= 11 is 13.8. The number of carbonyl (C=O) groups is 1.